The molecular formula is C15H20N6O. The van der Waals surface area contributed by atoms with Crippen LogP contribution in [-0.4, -0.2) is 46.2 Å². The van der Waals surface area contributed by atoms with Crippen LogP contribution in [0.1, 0.15) is 11.4 Å². The number of aryl methyl sites for hydroxylation is 1. The minimum absolute atomic E-state index is 0.231. The molecule has 2 heterocycles. The van der Waals surface area contributed by atoms with Crippen LogP contribution in [0.5, 0.6) is 0 Å². The Labute approximate surface area is 129 Å². The van der Waals surface area contributed by atoms with Crippen LogP contribution in [-0.2, 0) is 11.3 Å². The predicted octanol–water partition coefficient (Wildman–Crippen LogP) is 1.34. The molecular weight excluding hydrogens is 280 g/mol. The molecule has 0 atom stereocenters. The number of nitrogen functional groups attached to an aromatic ring is 1. The van der Waals surface area contributed by atoms with E-state index in [4.69, 9.17) is 10.5 Å². The van der Waals surface area contributed by atoms with Crippen LogP contribution in [0.4, 0.5) is 17.6 Å². The molecule has 7 nitrogen and oxygen atoms in total. The molecule has 7 heteroatoms. The van der Waals surface area contributed by atoms with Crippen LogP contribution in [0.3, 0.4) is 0 Å². The molecule has 1 saturated heterocycles. The van der Waals surface area contributed by atoms with Gasteiger partial charge in [0.05, 0.1) is 19.8 Å². The number of morpholine rings is 1. The van der Waals surface area contributed by atoms with Crippen molar-refractivity contribution in [2.24, 2.45) is 0 Å². The van der Waals surface area contributed by atoms with Gasteiger partial charge in [-0.25, -0.2) is 0 Å². The SMILES string of the molecule is Cc1ccccc1Nc1nc(N)nc(CN2CCOCC2)n1. The molecule has 1 fully saturated rings. The van der Waals surface area contributed by atoms with Gasteiger partial charge in [0.1, 0.15) is 5.82 Å². The van der Waals surface area contributed by atoms with Crippen molar-refractivity contribution >= 4 is 17.6 Å². The second-order valence-corrected chi connectivity index (χ2v) is 5.26. The summed E-state index contributed by atoms with van der Waals surface area (Å²) in [4.78, 5) is 15.1. The van der Waals surface area contributed by atoms with Gasteiger partial charge >= 0.3 is 0 Å². The van der Waals surface area contributed by atoms with Crippen molar-refractivity contribution in [1.82, 2.24) is 19.9 Å². The van der Waals surface area contributed by atoms with Crippen LogP contribution >= 0.6 is 0 Å². The van der Waals surface area contributed by atoms with E-state index in [-0.39, 0.29) is 5.95 Å². The van der Waals surface area contributed by atoms with Crippen molar-refractivity contribution in [1.29, 1.82) is 0 Å². The van der Waals surface area contributed by atoms with Gasteiger partial charge in [-0.1, -0.05) is 18.2 Å². The third kappa shape index (κ3) is 3.69. The fraction of sp³-hybridized carbons (Fsp3) is 0.400. The van der Waals surface area contributed by atoms with Crippen molar-refractivity contribution in [3.05, 3.63) is 35.7 Å². The summed E-state index contributed by atoms with van der Waals surface area (Å²) in [5.74, 6) is 1.38. The van der Waals surface area contributed by atoms with Crippen molar-refractivity contribution in [2.45, 2.75) is 13.5 Å². The minimum Gasteiger partial charge on any atom is -0.379 e. The number of benzene rings is 1. The quantitative estimate of drug-likeness (QED) is 0.880. The first kappa shape index (κ1) is 14.7. The average molecular weight is 300 g/mol. The van der Waals surface area contributed by atoms with Gasteiger partial charge in [0.25, 0.3) is 0 Å². The first-order valence-electron chi connectivity index (χ1n) is 7.34. The number of nitrogens with two attached hydrogens (primary N) is 1. The number of rotatable bonds is 4. The van der Waals surface area contributed by atoms with Crippen molar-refractivity contribution in [3.8, 4) is 0 Å². The van der Waals surface area contributed by atoms with Gasteiger partial charge in [-0.3, -0.25) is 4.90 Å². The van der Waals surface area contributed by atoms with Crippen LogP contribution < -0.4 is 11.1 Å². The Morgan fingerprint density at radius 3 is 2.73 bits per heavy atom. The van der Waals surface area contributed by atoms with E-state index < -0.39 is 0 Å². The van der Waals surface area contributed by atoms with Crippen LogP contribution in [0.2, 0.25) is 0 Å². The molecule has 2 aromatic rings. The normalized spacial score (nSPS) is 15.7. The van der Waals surface area contributed by atoms with E-state index in [9.17, 15) is 0 Å². The maximum atomic E-state index is 5.81. The average Bonchev–Trinajstić information content (AvgIpc) is 2.50. The Balaban J connectivity index is 1.76. The van der Waals surface area contributed by atoms with E-state index in [2.05, 4.69) is 25.2 Å². The summed E-state index contributed by atoms with van der Waals surface area (Å²) in [5.41, 5.74) is 7.90. The molecule has 0 radical (unpaired) electrons. The van der Waals surface area contributed by atoms with Crippen molar-refractivity contribution < 1.29 is 4.74 Å². The molecule has 116 valence electrons. The highest BCUT2D eigenvalue weighted by Gasteiger charge is 2.14. The summed E-state index contributed by atoms with van der Waals surface area (Å²) in [6.07, 6.45) is 0. The molecule has 1 aliphatic rings. The highest BCUT2D eigenvalue weighted by atomic mass is 16.5. The summed E-state index contributed by atoms with van der Waals surface area (Å²) >= 11 is 0. The lowest BCUT2D eigenvalue weighted by atomic mass is 10.2. The van der Waals surface area contributed by atoms with Crippen molar-refractivity contribution in [2.75, 3.05) is 37.4 Å². The molecule has 22 heavy (non-hydrogen) atoms. The van der Waals surface area contributed by atoms with Gasteiger partial charge in [0.2, 0.25) is 11.9 Å². The molecule has 3 rings (SSSR count). The third-order valence-electron chi connectivity index (χ3n) is 3.56. The van der Waals surface area contributed by atoms with E-state index in [1.165, 1.54) is 0 Å². The summed E-state index contributed by atoms with van der Waals surface area (Å²) in [5, 5.41) is 3.21. The monoisotopic (exact) mass is 300 g/mol. The summed E-state index contributed by atoms with van der Waals surface area (Å²) in [6, 6.07) is 7.97. The zero-order chi connectivity index (χ0) is 15.4. The number of nitrogens with one attached hydrogen (secondary N) is 1. The second-order valence-electron chi connectivity index (χ2n) is 5.26. The maximum absolute atomic E-state index is 5.81. The lowest BCUT2D eigenvalue weighted by Crippen LogP contribution is -2.36. The zero-order valence-corrected chi connectivity index (χ0v) is 12.6. The highest BCUT2D eigenvalue weighted by molar-refractivity contribution is 5.58. The molecule has 1 aliphatic heterocycles. The molecule has 0 spiro atoms. The molecule has 0 unspecified atom stereocenters. The molecule has 0 amide bonds. The molecule has 3 N–H and O–H groups in total. The lowest BCUT2D eigenvalue weighted by Gasteiger charge is -2.25. The fourth-order valence-corrected chi connectivity index (χ4v) is 2.36. The highest BCUT2D eigenvalue weighted by Crippen LogP contribution is 2.18. The molecule has 0 saturated carbocycles. The Hall–Kier alpha value is -2.25. The number of para-hydroxylation sites is 1. The van der Waals surface area contributed by atoms with E-state index in [1.54, 1.807) is 0 Å². The van der Waals surface area contributed by atoms with Gasteiger partial charge in [-0.15, -0.1) is 0 Å². The number of aromatic nitrogens is 3. The largest absolute Gasteiger partial charge is 0.379 e. The van der Waals surface area contributed by atoms with E-state index in [1.807, 2.05) is 31.2 Å². The minimum atomic E-state index is 0.231. The van der Waals surface area contributed by atoms with Crippen LogP contribution in [0, 0.1) is 6.92 Å². The predicted molar refractivity (Wildman–Crippen MR) is 84.8 cm³/mol. The fourth-order valence-electron chi connectivity index (χ4n) is 2.36. The van der Waals surface area contributed by atoms with Gasteiger partial charge in [-0.05, 0) is 18.6 Å². The van der Waals surface area contributed by atoms with E-state index in [0.29, 0.717) is 18.3 Å². The maximum Gasteiger partial charge on any atom is 0.232 e. The summed E-state index contributed by atoms with van der Waals surface area (Å²) < 4.78 is 5.35. The second kappa shape index (κ2) is 6.67. The third-order valence-corrected chi connectivity index (χ3v) is 3.56. The standard InChI is InChI=1S/C15H20N6O/c1-11-4-2-3-5-12(11)17-15-19-13(18-14(16)20-15)10-21-6-8-22-9-7-21/h2-5H,6-10H2,1H3,(H3,16,17,18,19,20). The van der Waals surface area contributed by atoms with Gasteiger partial charge in [-0.2, -0.15) is 15.0 Å². The summed E-state index contributed by atoms with van der Waals surface area (Å²) in [6.45, 7) is 5.93. The van der Waals surface area contributed by atoms with Crippen LogP contribution in [0.25, 0.3) is 0 Å². The van der Waals surface area contributed by atoms with E-state index in [0.717, 1.165) is 37.6 Å². The molecule has 1 aromatic carbocycles. The van der Waals surface area contributed by atoms with Crippen LogP contribution in [0.15, 0.2) is 24.3 Å². The Morgan fingerprint density at radius 1 is 1.18 bits per heavy atom. The smallest absolute Gasteiger partial charge is 0.232 e. The Kier molecular flexibility index (Phi) is 4.45. The van der Waals surface area contributed by atoms with E-state index >= 15 is 0 Å². The van der Waals surface area contributed by atoms with Gasteiger partial charge in [0, 0.05) is 18.8 Å². The van der Waals surface area contributed by atoms with Crippen molar-refractivity contribution in [3.63, 3.8) is 0 Å². The topological polar surface area (TPSA) is 89.2 Å². The van der Waals surface area contributed by atoms with Gasteiger partial charge < -0.3 is 15.8 Å². The molecule has 0 bridgehead atoms. The number of nitrogens with zero attached hydrogens (tertiary/aromatic N) is 4. The Bertz CT molecular complexity index is 642. The number of anilines is 3. The molecule has 1 aromatic heterocycles. The summed E-state index contributed by atoms with van der Waals surface area (Å²) in [7, 11) is 0. The lowest BCUT2D eigenvalue weighted by molar-refractivity contribution is 0.0331. The number of hydrogen-bond acceptors (Lipinski definition) is 7. The zero-order valence-electron chi connectivity index (χ0n) is 12.6. The number of hydrogen-bond donors (Lipinski definition) is 2. The number of ether oxygens (including phenoxy) is 1. The van der Waals surface area contributed by atoms with Gasteiger partial charge in [0.15, 0.2) is 0 Å². The molecule has 0 aliphatic carbocycles. The first-order valence-corrected chi connectivity index (χ1v) is 7.34. The Morgan fingerprint density at radius 2 is 1.95 bits per heavy atom. The first-order chi connectivity index (χ1) is 10.7.